The molecule has 1 aliphatic heterocycles. The number of benzene rings is 3. The molecule has 3 aromatic carbocycles. The summed E-state index contributed by atoms with van der Waals surface area (Å²) in [6.45, 7) is 4.69. The molecule has 1 saturated heterocycles. The summed E-state index contributed by atoms with van der Waals surface area (Å²) in [5.41, 5.74) is 4.67. The van der Waals surface area contributed by atoms with Crippen LogP contribution in [0.2, 0.25) is 0 Å². The largest absolute Gasteiger partial charge is 0.494 e. The number of aromatic hydroxyl groups is 1. The molecule has 0 atom stereocenters. The molecule has 1 aliphatic rings. The molecule has 3 N–H and O–H groups in total. The van der Waals surface area contributed by atoms with Crippen LogP contribution in [-0.4, -0.2) is 83.6 Å². The molecule has 0 unspecified atom stereocenters. The number of aromatic nitrogens is 1. The zero-order valence-corrected chi connectivity index (χ0v) is 23.8. The van der Waals surface area contributed by atoms with E-state index in [1.165, 1.54) is 7.11 Å². The monoisotopic (exact) mass is 569 g/mol. The quantitative estimate of drug-likeness (QED) is 0.109. The van der Waals surface area contributed by atoms with E-state index < -0.39 is 5.97 Å². The van der Waals surface area contributed by atoms with Crippen molar-refractivity contribution in [3.8, 4) is 5.88 Å². The molecule has 0 radical (unpaired) electrons. The highest BCUT2D eigenvalue weighted by molar-refractivity contribution is 6.22. The van der Waals surface area contributed by atoms with Gasteiger partial charge in [-0.15, -0.1) is 0 Å². The lowest BCUT2D eigenvalue weighted by atomic mass is 9.98. The van der Waals surface area contributed by atoms with E-state index in [0.29, 0.717) is 51.2 Å². The molecule has 0 spiro atoms. The first kappa shape index (κ1) is 29.2. The van der Waals surface area contributed by atoms with Gasteiger partial charge >= 0.3 is 5.97 Å². The molecule has 0 bridgehead atoms. The average molecular weight is 570 g/mol. The topological polar surface area (TPSA) is 124 Å². The average Bonchev–Trinajstić information content (AvgIpc) is 3.32. The SMILES string of the molecule is COC(=O)c1cc2[nH]c(O)c(C(=Nc3ccc(C(=O)COCCN4CCC(O)CC4)cc3)c3ccccc3)c2cc1C. The van der Waals surface area contributed by atoms with Crippen molar-refractivity contribution >= 4 is 34.1 Å². The molecule has 2 heterocycles. The number of aliphatic imine (C=N–C) groups is 1. The number of fused-ring (bicyclic) bond motifs is 1. The van der Waals surface area contributed by atoms with Crippen molar-refractivity contribution in [2.45, 2.75) is 25.9 Å². The Balaban J connectivity index is 1.36. The van der Waals surface area contributed by atoms with Crippen LogP contribution in [0.3, 0.4) is 0 Å². The summed E-state index contributed by atoms with van der Waals surface area (Å²) in [6.07, 6.45) is 1.34. The van der Waals surface area contributed by atoms with Crippen molar-refractivity contribution in [3.05, 3.63) is 94.5 Å². The maximum absolute atomic E-state index is 12.7. The van der Waals surface area contributed by atoms with E-state index in [4.69, 9.17) is 14.5 Å². The van der Waals surface area contributed by atoms with Crippen molar-refractivity contribution in [2.24, 2.45) is 4.99 Å². The number of carbonyl (C=O) groups is 2. The zero-order valence-electron chi connectivity index (χ0n) is 23.8. The minimum Gasteiger partial charge on any atom is -0.494 e. The normalized spacial score (nSPS) is 14.8. The molecular weight excluding hydrogens is 534 g/mol. The molecule has 4 aromatic rings. The zero-order chi connectivity index (χ0) is 29.6. The fraction of sp³-hybridized carbons (Fsp3) is 0.303. The second-order valence-corrected chi connectivity index (χ2v) is 10.5. The smallest absolute Gasteiger partial charge is 0.338 e. The van der Waals surface area contributed by atoms with Crippen molar-refractivity contribution in [1.29, 1.82) is 0 Å². The minimum absolute atomic E-state index is 0.00945. The number of H-pyrrole nitrogens is 1. The number of carbonyl (C=O) groups excluding carboxylic acids is 2. The van der Waals surface area contributed by atoms with Crippen LogP contribution in [0.4, 0.5) is 5.69 Å². The molecule has 1 fully saturated rings. The minimum atomic E-state index is -0.454. The van der Waals surface area contributed by atoms with Crippen molar-refractivity contribution in [3.63, 3.8) is 0 Å². The van der Waals surface area contributed by atoms with Crippen LogP contribution in [0.25, 0.3) is 10.9 Å². The maximum atomic E-state index is 12.7. The second-order valence-electron chi connectivity index (χ2n) is 10.5. The molecule has 9 nitrogen and oxygen atoms in total. The number of likely N-dealkylation sites (tertiary alicyclic amines) is 1. The van der Waals surface area contributed by atoms with Crippen molar-refractivity contribution in [2.75, 3.05) is 40.0 Å². The van der Waals surface area contributed by atoms with E-state index in [-0.39, 0.29) is 24.4 Å². The number of nitrogens with zero attached hydrogens (tertiary/aromatic N) is 2. The van der Waals surface area contributed by atoms with Gasteiger partial charge < -0.3 is 29.6 Å². The molecule has 42 heavy (non-hydrogen) atoms. The van der Waals surface area contributed by atoms with Crippen molar-refractivity contribution < 1.29 is 29.3 Å². The first-order valence-corrected chi connectivity index (χ1v) is 14.0. The van der Waals surface area contributed by atoms with Crippen LogP contribution in [-0.2, 0) is 9.47 Å². The molecule has 0 saturated carbocycles. The molecule has 218 valence electrons. The number of aliphatic hydroxyl groups excluding tert-OH is 1. The fourth-order valence-electron chi connectivity index (χ4n) is 5.20. The third-order valence-corrected chi connectivity index (χ3v) is 7.59. The lowest BCUT2D eigenvalue weighted by Gasteiger charge is -2.29. The van der Waals surface area contributed by atoms with Gasteiger partial charge in [0.2, 0.25) is 0 Å². The van der Waals surface area contributed by atoms with Crippen LogP contribution >= 0.6 is 0 Å². The number of hydrogen-bond donors (Lipinski definition) is 3. The summed E-state index contributed by atoms with van der Waals surface area (Å²) in [6, 6.07) is 20.0. The number of esters is 1. The van der Waals surface area contributed by atoms with E-state index in [0.717, 1.165) is 38.0 Å². The maximum Gasteiger partial charge on any atom is 0.338 e. The molecule has 5 rings (SSSR count). The number of methoxy groups -OCH3 is 1. The van der Waals surface area contributed by atoms with E-state index in [9.17, 15) is 19.8 Å². The van der Waals surface area contributed by atoms with Gasteiger partial charge in [-0.05, 0) is 61.7 Å². The number of aryl methyl sites for hydroxylation is 1. The van der Waals surface area contributed by atoms with Crippen LogP contribution < -0.4 is 0 Å². The Hall–Kier alpha value is -4.31. The summed E-state index contributed by atoms with van der Waals surface area (Å²) in [7, 11) is 1.33. The molecule has 9 heteroatoms. The van der Waals surface area contributed by atoms with Gasteiger partial charge in [-0.2, -0.15) is 0 Å². The summed E-state index contributed by atoms with van der Waals surface area (Å²) >= 11 is 0. The lowest BCUT2D eigenvalue weighted by molar-refractivity contribution is 0.0517. The van der Waals surface area contributed by atoms with Gasteiger partial charge in [0.15, 0.2) is 11.7 Å². The summed E-state index contributed by atoms with van der Waals surface area (Å²) in [5.74, 6) is -0.641. The van der Waals surface area contributed by atoms with Gasteiger partial charge in [0, 0.05) is 41.7 Å². The number of nitrogens with one attached hydrogen (secondary N) is 1. The third-order valence-electron chi connectivity index (χ3n) is 7.59. The summed E-state index contributed by atoms with van der Waals surface area (Å²) < 4.78 is 10.5. The summed E-state index contributed by atoms with van der Waals surface area (Å²) in [4.78, 5) is 35.1. The summed E-state index contributed by atoms with van der Waals surface area (Å²) in [5, 5.41) is 21.4. The Kier molecular flexibility index (Phi) is 9.12. The fourth-order valence-corrected chi connectivity index (χ4v) is 5.20. The number of hydrogen-bond acceptors (Lipinski definition) is 8. The highest BCUT2D eigenvalue weighted by Crippen LogP contribution is 2.33. The number of aliphatic hydroxyl groups is 1. The Labute approximate surface area is 244 Å². The van der Waals surface area contributed by atoms with E-state index in [1.807, 2.05) is 43.3 Å². The van der Waals surface area contributed by atoms with Gasteiger partial charge in [-0.3, -0.25) is 4.79 Å². The van der Waals surface area contributed by atoms with E-state index >= 15 is 0 Å². The standard InChI is InChI=1S/C33H35N3O6/c1-21-18-27-28(19-26(21)33(40)41-2)35-32(39)30(27)31(23-6-4-3-5-7-23)34-24-10-8-22(9-11-24)29(38)20-42-17-16-36-14-12-25(37)13-15-36/h3-11,18-19,25,35,37,39H,12-17,20H2,1-2H3. The first-order valence-electron chi connectivity index (χ1n) is 14.0. The predicted octanol–water partition coefficient (Wildman–Crippen LogP) is 4.79. The second kappa shape index (κ2) is 13.1. The Morgan fingerprint density at radius 2 is 1.74 bits per heavy atom. The highest BCUT2D eigenvalue weighted by atomic mass is 16.5. The molecule has 1 aromatic heterocycles. The number of ketones is 1. The third kappa shape index (κ3) is 6.60. The number of aromatic amines is 1. The van der Waals surface area contributed by atoms with E-state index in [2.05, 4.69) is 9.88 Å². The molecule has 0 amide bonds. The van der Waals surface area contributed by atoms with Gasteiger partial charge in [0.05, 0.1) is 42.3 Å². The number of rotatable bonds is 10. The van der Waals surface area contributed by atoms with Gasteiger partial charge in [0.1, 0.15) is 6.61 Å². The van der Waals surface area contributed by atoms with Crippen molar-refractivity contribution in [1.82, 2.24) is 9.88 Å². The number of piperidine rings is 1. The molecule has 0 aliphatic carbocycles. The van der Waals surface area contributed by atoms with Crippen LogP contribution in [0.1, 0.15) is 50.2 Å². The van der Waals surface area contributed by atoms with Crippen LogP contribution in [0.5, 0.6) is 5.88 Å². The van der Waals surface area contributed by atoms with Crippen LogP contribution in [0, 0.1) is 6.92 Å². The van der Waals surface area contributed by atoms with Gasteiger partial charge in [0.25, 0.3) is 0 Å². The predicted molar refractivity (Wildman–Crippen MR) is 161 cm³/mol. The molecular formula is C33H35N3O6. The van der Waals surface area contributed by atoms with Gasteiger partial charge in [-0.1, -0.05) is 30.3 Å². The van der Waals surface area contributed by atoms with E-state index in [1.54, 1.807) is 30.3 Å². The Morgan fingerprint density at radius 1 is 1.02 bits per heavy atom. The first-order chi connectivity index (χ1) is 20.3. The highest BCUT2D eigenvalue weighted by Gasteiger charge is 2.22. The van der Waals surface area contributed by atoms with Crippen LogP contribution in [0.15, 0.2) is 71.7 Å². The number of ether oxygens (including phenoxy) is 2. The van der Waals surface area contributed by atoms with Gasteiger partial charge in [-0.25, -0.2) is 9.79 Å². The Morgan fingerprint density at radius 3 is 2.43 bits per heavy atom. The lowest BCUT2D eigenvalue weighted by Crippen LogP contribution is -2.37. The number of Topliss-reactive ketones (excluding diaryl/α,β-unsaturated/α-hetero) is 1. The Bertz CT molecular complexity index is 1590.